The molecule has 0 N–H and O–H groups in total. The second kappa shape index (κ2) is 68.5. The molecule has 0 amide bonds. The molecule has 0 spiro atoms. The van der Waals surface area contributed by atoms with Crippen LogP contribution >= 0.6 is 0 Å². The Balaban J connectivity index is 4.59. The molecule has 0 bridgehead atoms. The maximum absolute atomic E-state index is 12.9. The van der Waals surface area contributed by atoms with Gasteiger partial charge in [-0.2, -0.15) is 0 Å². The Hall–Kier alpha value is -6.01. The highest BCUT2D eigenvalue weighted by Crippen LogP contribution is 2.13. The fraction of sp³-hybridized carbons (Fsp3) is 0.519. The van der Waals surface area contributed by atoms with Gasteiger partial charge in [-0.25, -0.2) is 0 Å². The van der Waals surface area contributed by atoms with Crippen LogP contribution in [0.2, 0.25) is 0 Å². The van der Waals surface area contributed by atoms with Crippen molar-refractivity contribution in [3.63, 3.8) is 0 Å². The predicted octanol–water partition coefficient (Wildman–Crippen LogP) is 22.8. The monoisotopic (exact) mass is 1140 g/mol. The summed E-state index contributed by atoms with van der Waals surface area (Å²) in [7, 11) is 0. The van der Waals surface area contributed by atoms with Gasteiger partial charge < -0.3 is 14.2 Å². The lowest BCUT2D eigenvalue weighted by molar-refractivity contribution is -0.167. The van der Waals surface area contributed by atoms with Gasteiger partial charge in [-0.05, 0) is 161 Å². The van der Waals surface area contributed by atoms with E-state index in [1.807, 2.05) is 0 Å². The van der Waals surface area contributed by atoms with Crippen molar-refractivity contribution >= 4 is 17.9 Å². The van der Waals surface area contributed by atoms with Crippen molar-refractivity contribution < 1.29 is 28.6 Å². The van der Waals surface area contributed by atoms with E-state index in [-0.39, 0.29) is 44.0 Å². The first-order chi connectivity index (χ1) is 41.0. The van der Waals surface area contributed by atoms with E-state index in [4.69, 9.17) is 14.2 Å². The molecule has 0 aliphatic carbocycles. The van der Waals surface area contributed by atoms with Crippen LogP contribution in [0.3, 0.4) is 0 Å². The quantitative estimate of drug-likeness (QED) is 0.0261. The van der Waals surface area contributed by atoms with Crippen molar-refractivity contribution in [2.24, 2.45) is 0 Å². The summed E-state index contributed by atoms with van der Waals surface area (Å²) in [5.41, 5.74) is 0. The molecule has 460 valence electrons. The molecule has 0 saturated heterocycles. The average Bonchev–Trinajstić information content (AvgIpc) is 3.49. The number of ether oxygens (including phenoxy) is 3. The van der Waals surface area contributed by atoms with E-state index in [0.29, 0.717) is 12.8 Å². The third kappa shape index (κ3) is 66.7. The minimum absolute atomic E-state index is 0.130. The summed E-state index contributed by atoms with van der Waals surface area (Å²) < 4.78 is 16.9. The van der Waals surface area contributed by atoms with E-state index in [1.165, 1.54) is 19.3 Å². The lowest BCUT2D eigenvalue weighted by Gasteiger charge is -2.18. The van der Waals surface area contributed by atoms with Crippen LogP contribution in [0.4, 0.5) is 0 Å². The molecule has 0 saturated carbocycles. The molecule has 0 aromatic carbocycles. The molecule has 83 heavy (non-hydrogen) atoms. The van der Waals surface area contributed by atoms with Gasteiger partial charge in [0.25, 0.3) is 0 Å². The molecule has 6 nitrogen and oxygen atoms in total. The van der Waals surface area contributed by atoms with Crippen molar-refractivity contribution in [2.45, 2.75) is 245 Å². The molecule has 0 aliphatic heterocycles. The van der Waals surface area contributed by atoms with Crippen LogP contribution < -0.4 is 0 Å². The van der Waals surface area contributed by atoms with Crippen molar-refractivity contribution in [1.82, 2.24) is 0 Å². The topological polar surface area (TPSA) is 78.9 Å². The van der Waals surface area contributed by atoms with E-state index in [2.05, 4.69) is 227 Å². The van der Waals surface area contributed by atoms with Crippen LogP contribution in [0.1, 0.15) is 239 Å². The zero-order valence-corrected chi connectivity index (χ0v) is 52.6. The zero-order valence-electron chi connectivity index (χ0n) is 52.6. The summed E-state index contributed by atoms with van der Waals surface area (Å²) >= 11 is 0. The first-order valence-corrected chi connectivity index (χ1v) is 32.6. The van der Waals surface area contributed by atoms with Crippen molar-refractivity contribution in [1.29, 1.82) is 0 Å². The number of allylic oxidation sites excluding steroid dienone is 34. The van der Waals surface area contributed by atoms with Gasteiger partial charge in [0.05, 0.1) is 0 Å². The van der Waals surface area contributed by atoms with Crippen LogP contribution in [-0.4, -0.2) is 37.2 Å². The fourth-order valence-electron chi connectivity index (χ4n) is 8.01. The summed E-state index contributed by atoms with van der Waals surface area (Å²) in [6.45, 7) is 6.20. The SMILES string of the molecule is CC/C=C\C/C=C\C/C=C\C/C=C\C/C=C\C/C=C\C/C=C\CCCCCC(=O)OCC(COC(=O)CCC/C=C\C/C=C\C/C=C\C/C=C\C/C=C\CC)OC(=O)CCCCCCCCC/C=C\C/C=C\C/C=C\C/C=C\C/C=C\CC. The Morgan fingerprint density at radius 2 is 0.446 bits per heavy atom. The minimum Gasteiger partial charge on any atom is -0.462 e. The second-order valence-electron chi connectivity index (χ2n) is 20.5. The molecule has 0 rings (SSSR count). The average molecular weight is 1140 g/mol. The number of hydrogen-bond donors (Lipinski definition) is 0. The number of esters is 3. The largest absolute Gasteiger partial charge is 0.462 e. The van der Waals surface area contributed by atoms with Gasteiger partial charge in [-0.1, -0.05) is 266 Å². The fourth-order valence-corrected chi connectivity index (χ4v) is 8.01. The summed E-state index contributed by atoms with van der Waals surface area (Å²) in [4.78, 5) is 38.4. The second-order valence-corrected chi connectivity index (χ2v) is 20.5. The predicted molar refractivity (Wildman–Crippen MR) is 361 cm³/mol. The minimum atomic E-state index is -0.837. The Morgan fingerprint density at radius 3 is 0.735 bits per heavy atom. The van der Waals surface area contributed by atoms with Crippen molar-refractivity contribution in [3.05, 3.63) is 207 Å². The molecule has 6 heteroatoms. The lowest BCUT2D eigenvalue weighted by Crippen LogP contribution is -2.30. The molecule has 1 unspecified atom stereocenters. The first-order valence-electron chi connectivity index (χ1n) is 32.6. The van der Waals surface area contributed by atoms with Crippen LogP contribution in [0.15, 0.2) is 207 Å². The van der Waals surface area contributed by atoms with Crippen molar-refractivity contribution in [2.75, 3.05) is 13.2 Å². The third-order valence-electron chi connectivity index (χ3n) is 12.8. The van der Waals surface area contributed by atoms with E-state index < -0.39 is 6.10 Å². The lowest BCUT2D eigenvalue weighted by atomic mass is 10.1. The summed E-state index contributed by atoms with van der Waals surface area (Å²) in [5, 5.41) is 0. The maximum Gasteiger partial charge on any atom is 0.306 e. The Labute approximate surface area is 509 Å². The highest BCUT2D eigenvalue weighted by molar-refractivity contribution is 5.71. The molecule has 0 aromatic heterocycles. The van der Waals surface area contributed by atoms with Gasteiger partial charge in [0.15, 0.2) is 6.10 Å². The van der Waals surface area contributed by atoms with Gasteiger partial charge in [-0.15, -0.1) is 0 Å². The summed E-state index contributed by atoms with van der Waals surface area (Å²) in [5.74, 6) is -1.04. The number of hydrogen-bond acceptors (Lipinski definition) is 6. The van der Waals surface area contributed by atoms with Crippen LogP contribution in [0, 0.1) is 0 Å². The number of rotatable bonds is 56. The highest BCUT2D eigenvalue weighted by Gasteiger charge is 2.19. The third-order valence-corrected chi connectivity index (χ3v) is 12.8. The molecule has 1 atom stereocenters. The smallest absolute Gasteiger partial charge is 0.306 e. The number of carbonyl (C=O) groups is 3. The molecule has 0 aromatic rings. The maximum atomic E-state index is 12.9. The van der Waals surface area contributed by atoms with Crippen LogP contribution in [0.5, 0.6) is 0 Å². The first kappa shape index (κ1) is 77.0. The van der Waals surface area contributed by atoms with E-state index in [9.17, 15) is 14.4 Å². The highest BCUT2D eigenvalue weighted by atomic mass is 16.6. The molecule has 0 aliphatic rings. The van der Waals surface area contributed by atoms with E-state index >= 15 is 0 Å². The van der Waals surface area contributed by atoms with Crippen LogP contribution in [0.25, 0.3) is 0 Å². The Bertz CT molecular complexity index is 2030. The van der Waals surface area contributed by atoms with Gasteiger partial charge in [0, 0.05) is 19.3 Å². The molecular formula is C77H116O6. The Kier molecular flexibility index (Phi) is 63.5. The molecular weight excluding hydrogens is 1020 g/mol. The normalized spacial score (nSPS) is 13.5. The van der Waals surface area contributed by atoms with Gasteiger partial charge in [0.2, 0.25) is 0 Å². The summed E-state index contributed by atoms with van der Waals surface area (Å²) in [6, 6.07) is 0. The number of unbranched alkanes of at least 4 members (excludes halogenated alkanes) is 11. The molecule has 0 radical (unpaired) electrons. The summed E-state index contributed by atoms with van der Waals surface area (Å²) in [6.07, 6.45) is 105. The van der Waals surface area contributed by atoms with Gasteiger partial charge >= 0.3 is 17.9 Å². The van der Waals surface area contributed by atoms with Gasteiger partial charge in [-0.3, -0.25) is 14.4 Å². The standard InChI is InChI=1S/C77H116O6/c1-4-7-10-13-16-19-22-25-28-31-33-35-37-38-40-41-43-46-49-52-55-58-61-64-67-70-76(79)82-73-74(72-81-75(78)69-66-63-60-57-54-51-48-45-30-27-24-21-18-15-12-9-6-3)83-77(80)71-68-65-62-59-56-53-50-47-44-42-39-36-34-32-29-26-23-20-17-14-11-8-5-2/h7-12,16-21,25-30,33-36,38,40,42-44,46,48,51-52,55,57,60,74H,4-6,13-15,22-24,31-32,37,39,41,45,47,49-50,53-54,56,58-59,61-73H2,1-3H3/b10-7-,11-8-,12-9-,19-16-,20-17-,21-18-,28-25-,29-26-,30-27-,35-33-,36-34-,40-38-,44-42-,46-43-,51-48-,55-52-,60-57-. The van der Waals surface area contributed by atoms with E-state index in [1.54, 1.807) is 0 Å². The number of carbonyl (C=O) groups excluding carboxylic acids is 3. The Morgan fingerprint density at radius 1 is 0.241 bits per heavy atom. The zero-order chi connectivity index (χ0) is 59.9. The van der Waals surface area contributed by atoms with E-state index in [0.717, 1.165) is 173 Å². The van der Waals surface area contributed by atoms with Crippen molar-refractivity contribution in [3.8, 4) is 0 Å². The molecule has 0 heterocycles. The van der Waals surface area contributed by atoms with Gasteiger partial charge in [0.1, 0.15) is 13.2 Å². The van der Waals surface area contributed by atoms with Crippen LogP contribution in [-0.2, 0) is 28.6 Å². The molecule has 0 fully saturated rings.